The van der Waals surface area contributed by atoms with E-state index >= 15 is 0 Å². The Bertz CT molecular complexity index is 497. The predicted molar refractivity (Wildman–Crippen MR) is 60.8 cm³/mol. The van der Waals surface area contributed by atoms with Crippen LogP contribution in [0.1, 0.15) is 5.69 Å². The summed E-state index contributed by atoms with van der Waals surface area (Å²) in [6.45, 7) is 2.64. The first-order valence-electron chi connectivity index (χ1n) is 5.47. The maximum atomic E-state index is 8.94. The van der Waals surface area contributed by atoms with Gasteiger partial charge in [-0.25, -0.2) is 4.98 Å². The highest BCUT2D eigenvalue weighted by Gasteiger charge is 2.32. The molecule has 6 nitrogen and oxygen atoms in total. The third-order valence-corrected chi connectivity index (χ3v) is 3.03. The van der Waals surface area contributed by atoms with Crippen LogP contribution in [0.15, 0.2) is 6.07 Å². The van der Waals surface area contributed by atoms with Crippen LogP contribution in [0.4, 0.5) is 11.5 Å². The second kappa shape index (κ2) is 3.79. The van der Waals surface area contributed by atoms with Crippen LogP contribution in [0.2, 0.25) is 0 Å². The Balaban J connectivity index is 2.06. The van der Waals surface area contributed by atoms with E-state index in [1.54, 1.807) is 6.07 Å². The molecule has 1 atom stereocenters. The standard InChI is InChI=1S/C11H12N4O2/c12-4-9-8(13)3-10-11(14-9)15-1-2-16-5-7(15)6-17-10/h3,7H,1-2,5-6,13H2/t7-/m0/s1. The molecule has 0 spiro atoms. The molecular weight excluding hydrogens is 220 g/mol. The fraction of sp³-hybridized carbons (Fsp3) is 0.455. The molecule has 0 aliphatic carbocycles. The van der Waals surface area contributed by atoms with Crippen molar-refractivity contribution in [2.45, 2.75) is 6.04 Å². The lowest BCUT2D eigenvalue weighted by atomic mass is 10.2. The molecule has 2 aliphatic heterocycles. The average molecular weight is 232 g/mol. The number of morpholine rings is 1. The van der Waals surface area contributed by atoms with E-state index in [1.807, 2.05) is 6.07 Å². The van der Waals surface area contributed by atoms with Gasteiger partial charge < -0.3 is 20.1 Å². The maximum Gasteiger partial charge on any atom is 0.173 e. The Labute approximate surface area is 98.5 Å². The van der Waals surface area contributed by atoms with Crippen molar-refractivity contribution < 1.29 is 9.47 Å². The largest absolute Gasteiger partial charge is 0.487 e. The summed E-state index contributed by atoms with van der Waals surface area (Å²) in [5, 5.41) is 8.94. The van der Waals surface area contributed by atoms with E-state index in [0.717, 1.165) is 6.54 Å². The van der Waals surface area contributed by atoms with Crippen LogP contribution in [0.5, 0.6) is 5.75 Å². The normalized spacial score (nSPS) is 22.1. The molecule has 17 heavy (non-hydrogen) atoms. The predicted octanol–water partition coefficient (Wildman–Crippen LogP) is 0.133. The molecule has 0 radical (unpaired) electrons. The van der Waals surface area contributed by atoms with Crippen molar-refractivity contribution >= 4 is 11.5 Å². The van der Waals surface area contributed by atoms with Gasteiger partial charge >= 0.3 is 0 Å². The van der Waals surface area contributed by atoms with Crippen molar-refractivity contribution in [2.75, 3.05) is 37.0 Å². The van der Waals surface area contributed by atoms with E-state index < -0.39 is 0 Å². The van der Waals surface area contributed by atoms with E-state index in [1.165, 1.54) is 0 Å². The zero-order valence-corrected chi connectivity index (χ0v) is 9.22. The molecular formula is C11H12N4O2. The van der Waals surface area contributed by atoms with Crippen LogP contribution in [0, 0.1) is 11.3 Å². The molecule has 2 N–H and O–H groups in total. The van der Waals surface area contributed by atoms with Gasteiger partial charge in [-0.15, -0.1) is 0 Å². The Kier molecular flexibility index (Phi) is 2.27. The average Bonchev–Trinajstić information content (AvgIpc) is 2.37. The molecule has 0 aromatic carbocycles. The number of anilines is 2. The SMILES string of the molecule is N#Cc1nc2c(cc1N)OC[C@@H]1COCCN21. The summed E-state index contributed by atoms with van der Waals surface area (Å²) in [5.74, 6) is 1.36. The lowest BCUT2D eigenvalue weighted by Crippen LogP contribution is -2.51. The second-order valence-electron chi connectivity index (χ2n) is 4.09. The molecule has 1 aromatic heterocycles. The summed E-state index contributed by atoms with van der Waals surface area (Å²) in [6.07, 6.45) is 0. The molecule has 3 heterocycles. The number of ether oxygens (including phenoxy) is 2. The Hall–Kier alpha value is -2.00. The number of nitrogens with two attached hydrogens (primary N) is 1. The summed E-state index contributed by atoms with van der Waals surface area (Å²) < 4.78 is 11.0. The van der Waals surface area contributed by atoms with Crippen LogP contribution in [0.25, 0.3) is 0 Å². The van der Waals surface area contributed by atoms with E-state index in [2.05, 4.69) is 9.88 Å². The highest BCUT2D eigenvalue weighted by atomic mass is 16.5. The number of fused-ring (bicyclic) bond motifs is 3. The third kappa shape index (κ3) is 1.56. The fourth-order valence-electron chi connectivity index (χ4n) is 2.16. The van der Waals surface area contributed by atoms with Crippen molar-refractivity contribution in [3.63, 3.8) is 0 Å². The van der Waals surface area contributed by atoms with Gasteiger partial charge in [0.2, 0.25) is 0 Å². The van der Waals surface area contributed by atoms with E-state index in [-0.39, 0.29) is 11.7 Å². The smallest absolute Gasteiger partial charge is 0.173 e. The number of nitrogen functional groups attached to an aromatic ring is 1. The second-order valence-corrected chi connectivity index (χ2v) is 4.09. The van der Waals surface area contributed by atoms with Gasteiger partial charge in [0.25, 0.3) is 0 Å². The van der Waals surface area contributed by atoms with Crippen LogP contribution in [-0.2, 0) is 4.74 Å². The van der Waals surface area contributed by atoms with Gasteiger partial charge in [-0.3, -0.25) is 0 Å². The molecule has 2 aliphatic rings. The van der Waals surface area contributed by atoms with Gasteiger partial charge in [-0.05, 0) is 0 Å². The van der Waals surface area contributed by atoms with Gasteiger partial charge in [-0.1, -0.05) is 0 Å². The molecule has 0 saturated carbocycles. The number of pyridine rings is 1. The zero-order valence-electron chi connectivity index (χ0n) is 9.22. The molecule has 88 valence electrons. The number of hydrogen-bond acceptors (Lipinski definition) is 6. The number of aromatic nitrogens is 1. The number of nitriles is 1. The molecule has 1 fully saturated rings. The summed E-state index contributed by atoms with van der Waals surface area (Å²) in [5.41, 5.74) is 6.32. The zero-order chi connectivity index (χ0) is 11.8. The molecule has 6 heteroatoms. The van der Waals surface area contributed by atoms with Crippen LogP contribution < -0.4 is 15.4 Å². The van der Waals surface area contributed by atoms with E-state index in [9.17, 15) is 0 Å². The van der Waals surface area contributed by atoms with Gasteiger partial charge in [0, 0.05) is 12.6 Å². The van der Waals surface area contributed by atoms with Crippen LogP contribution in [0.3, 0.4) is 0 Å². The Morgan fingerprint density at radius 1 is 1.53 bits per heavy atom. The van der Waals surface area contributed by atoms with Gasteiger partial charge in [0.15, 0.2) is 17.3 Å². The topological polar surface area (TPSA) is 84.4 Å². The number of nitrogens with zero attached hydrogens (tertiary/aromatic N) is 3. The summed E-state index contributed by atoms with van der Waals surface area (Å²) >= 11 is 0. The quantitative estimate of drug-likeness (QED) is 0.684. The van der Waals surface area contributed by atoms with Crippen LogP contribution >= 0.6 is 0 Å². The first kappa shape index (κ1) is 10.2. The minimum atomic E-state index is 0.180. The highest BCUT2D eigenvalue weighted by molar-refractivity contribution is 5.65. The van der Waals surface area contributed by atoms with Crippen molar-refractivity contribution in [3.8, 4) is 11.8 Å². The van der Waals surface area contributed by atoms with Gasteiger partial charge in [0.05, 0.1) is 24.9 Å². The van der Waals surface area contributed by atoms with Gasteiger partial charge in [-0.2, -0.15) is 5.26 Å². The Morgan fingerprint density at radius 2 is 2.41 bits per heavy atom. The van der Waals surface area contributed by atoms with Crippen molar-refractivity contribution in [1.29, 1.82) is 5.26 Å². The number of rotatable bonds is 0. The Morgan fingerprint density at radius 3 is 3.24 bits per heavy atom. The van der Waals surface area contributed by atoms with Crippen molar-refractivity contribution in [2.24, 2.45) is 0 Å². The van der Waals surface area contributed by atoms with E-state index in [4.69, 9.17) is 20.5 Å². The minimum absolute atomic E-state index is 0.180. The van der Waals surface area contributed by atoms with Crippen molar-refractivity contribution in [1.82, 2.24) is 4.98 Å². The molecule has 0 amide bonds. The first-order valence-corrected chi connectivity index (χ1v) is 5.47. The lowest BCUT2D eigenvalue weighted by Gasteiger charge is -2.40. The van der Waals surface area contributed by atoms with E-state index in [0.29, 0.717) is 37.1 Å². The molecule has 3 rings (SSSR count). The molecule has 0 unspecified atom stereocenters. The monoisotopic (exact) mass is 232 g/mol. The molecule has 0 bridgehead atoms. The third-order valence-electron chi connectivity index (χ3n) is 3.03. The number of hydrogen-bond donors (Lipinski definition) is 1. The van der Waals surface area contributed by atoms with Crippen molar-refractivity contribution in [3.05, 3.63) is 11.8 Å². The minimum Gasteiger partial charge on any atom is -0.487 e. The molecule has 1 aromatic rings. The summed E-state index contributed by atoms with van der Waals surface area (Å²) in [7, 11) is 0. The fourth-order valence-corrected chi connectivity index (χ4v) is 2.16. The van der Waals surface area contributed by atoms with Gasteiger partial charge in [0.1, 0.15) is 12.7 Å². The van der Waals surface area contributed by atoms with Crippen LogP contribution in [-0.4, -0.2) is 37.4 Å². The first-order chi connectivity index (χ1) is 8.29. The highest BCUT2D eigenvalue weighted by Crippen LogP contribution is 2.35. The lowest BCUT2D eigenvalue weighted by molar-refractivity contribution is 0.0697. The maximum absolute atomic E-state index is 8.94. The summed E-state index contributed by atoms with van der Waals surface area (Å²) in [6, 6.07) is 3.84. The summed E-state index contributed by atoms with van der Waals surface area (Å²) in [4.78, 5) is 6.40. The molecule has 1 saturated heterocycles.